The lowest BCUT2D eigenvalue weighted by Crippen LogP contribution is -2.22. The van der Waals surface area contributed by atoms with Crippen LogP contribution in [0, 0.1) is 17.0 Å². The zero-order valence-electron chi connectivity index (χ0n) is 13.2. The second-order valence-electron chi connectivity index (χ2n) is 5.52. The smallest absolute Gasteiger partial charge is 0.303 e. The van der Waals surface area contributed by atoms with E-state index in [0.717, 1.165) is 0 Å². The number of aromatic nitrogens is 3. The van der Waals surface area contributed by atoms with Crippen LogP contribution in [-0.4, -0.2) is 30.6 Å². The van der Waals surface area contributed by atoms with Crippen molar-refractivity contribution in [1.29, 1.82) is 0 Å². The molecule has 2 aromatic heterocycles. The number of H-pyrrole nitrogens is 1. The Balaban J connectivity index is 2.09. The fourth-order valence-electron chi connectivity index (χ4n) is 2.65. The van der Waals surface area contributed by atoms with Gasteiger partial charge in [0.1, 0.15) is 0 Å². The van der Waals surface area contributed by atoms with Crippen molar-refractivity contribution in [1.82, 2.24) is 14.6 Å². The third-order valence-electron chi connectivity index (χ3n) is 3.94. The standard InChI is InChI=1S/C16H14N4O5/c1-9-12(6-7-14(21)22)16(23)19-15(18-9)13(8-17-19)10-2-4-11(5-3-10)20(24)25/h2-5,8,17H,6-7H2,1H3,(H,21,22). The molecule has 0 saturated heterocycles. The van der Waals surface area contributed by atoms with Gasteiger partial charge in [0, 0.05) is 41.6 Å². The molecule has 9 nitrogen and oxygen atoms in total. The van der Waals surface area contributed by atoms with Crippen molar-refractivity contribution in [2.75, 3.05) is 0 Å². The number of carboxylic acids is 1. The van der Waals surface area contributed by atoms with Gasteiger partial charge in [-0.1, -0.05) is 0 Å². The number of rotatable bonds is 5. The summed E-state index contributed by atoms with van der Waals surface area (Å²) in [5, 5.41) is 22.4. The van der Waals surface area contributed by atoms with Crippen LogP contribution in [0.2, 0.25) is 0 Å². The molecular formula is C16H14N4O5. The monoisotopic (exact) mass is 342 g/mol. The van der Waals surface area contributed by atoms with Crippen LogP contribution in [0.4, 0.5) is 5.69 Å². The molecule has 0 aliphatic heterocycles. The van der Waals surface area contributed by atoms with Gasteiger partial charge in [0.25, 0.3) is 11.2 Å². The van der Waals surface area contributed by atoms with E-state index in [2.05, 4.69) is 10.1 Å². The number of fused-ring (bicyclic) bond motifs is 1. The normalized spacial score (nSPS) is 10.9. The van der Waals surface area contributed by atoms with Gasteiger partial charge < -0.3 is 5.11 Å². The quantitative estimate of drug-likeness (QED) is 0.538. The van der Waals surface area contributed by atoms with Crippen molar-refractivity contribution < 1.29 is 14.8 Å². The maximum Gasteiger partial charge on any atom is 0.303 e. The van der Waals surface area contributed by atoms with E-state index < -0.39 is 10.9 Å². The Hall–Kier alpha value is -3.49. The number of hydrogen-bond acceptors (Lipinski definition) is 5. The zero-order chi connectivity index (χ0) is 18.1. The van der Waals surface area contributed by atoms with Crippen LogP contribution in [0.5, 0.6) is 0 Å². The van der Waals surface area contributed by atoms with Crippen LogP contribution >= 0.6 is 0 Å². The molecule has 0 aliphatic rings. The molecule has 25 heavy (non-hydrogen) atoms. The highest BCUT2D eigenvalue weighted by molar-refractivity contribution is 5.77. The van der Waals surface area contributed by atoms with E-state index in [9.17, 15) is 19.7 Å². The zero-order valence-corrected chi connectivity index (χ0v) is 13.2. The van der Waals surface area contributed by atoms with Crippen molar-refractivity contribution in [3.8, 4) is 11.1 Å². The molecule has 2 heterocycles. The van der Waals surface area contributed by atoms with Crippen LogP contribution in [0.3, 0.4) is 0 Å². The van der Waals surface area contributed by atoms with Crippen LogP contribution in [0.1, 0.15) is 17.7 Å². The van der Waals surface area contributed by atoms with Crippen LogP contribution in [0.25, 0.3) is 16.8 Å². The van der Waals surface area contributed by atoms with E-state index in [-0.39, 0.29) is 24.1 Å². The molecular weight excluding hydrogens is 328 g/mol. The Kier molecular flexibility index (Phi) is 4.05. The van der Waals surface area contributed by atoms with Gasteiger partial charge in [-0.25, -0.2) is 9.50 Å². The Morgan fingerprint density at radius 2 is 2.04 bits per heavy atom. The largest absolute Gasteiger partial charge is 0.481 e. The van der Waals surface area contributed by atoms with Crippen LogP contribution in [0.15, 0.2) is 35.3 Å². The maximum absolute atomic E-state index is 12.6. The Bertz CT molecular complexity index is 1030. The summed E-state index contributed by atoms with van der Waals surface area (Å²) >= 11 is 0. The minimum atomic E-state index is -0.984. The van der Waals surface area contributed by atoms with E-state index in [1.54, 1.807) is 25.3 Å². The van der Waals surface area contributed by atoms with Gasteiger partial charge in [-0.3, -0.25) is 24.8 Å². The van der Waals surface area contributed by atoms with Gasteiger partial charge in [0.15, 0.2) is 5.65 Å². The molecule has 2 N–H and O–H groups in total. The Morgan fingerprint density at radius 1 is 1.36 bits per heavy atom. The third-order valence-corrected chi connectivity index (χ3v) is 3.94. The number of nitrogens with one attached hydrogen (secondary N) is 1. The number of aryl methyl sites for hydroxylation is 1. The van der Waals surface area contributed by atoms with E-state index in [0.29, 0.717) is 28.0 Å². The molecule has 3 aromatic rings. The fraction of sp³-hybridized carbons (Fsp3) is 0.188. The maximum atomic E-state index is 12.6. The summed E-state index contributed by atoms with van der Waals surface area (Å²) in [7, 11) is 0. The first-order valence-electron chi connectivity index (χ1n) is 7.44. The van der Waals surface area contributed by atoms with E-state index in [1.807, 2.05) is 0 Å². The lowest BCUT2D eigenvalue weighted by Gasteiger charge is -2.05. The molecule has 9 heteroatoms. The number of nitro benzene ring substituents is 1. The molecule has 0 aliphatic carbocycles. The summed E-state index contributed by atoms with van der Waals surface area (Å²) in [5.41, 5.74) is 2.12. The summed E-state index contributed by atoms with van der Waals surface area (Å²) in [4.78, 5) is 38.0. The Morgan fingerprint density at radius 3 is 2.64 bits per heavy atom. The molecule has 0 spiro atoms. The van der Waals surface area contributed by atoms with Gasteiger partial charge in [-0.15, -0.1) is 0 Å². The summed E-state index contributed by atoms with van der Waals surface area (Å²) in [6, 6.07) is 5.93. The summed E-state index contributed by atoms with van der Waals surface area (Å²) in [5.74, 6) is -0.984. The van der Waals surface area contributed by atoms with Gasteiger partial charge >= 0.3 is 5.97 Å². The number of aromatic amines is 1. The SMILES string of the molecule is Cc1nc2c(-c3ccc([N+](=O)[O-])cc3)c[nH]n2c(=O)c1CCC(=O)O. The second-order valence-corrected chi connectivity index (χ2v) is 5.52. The minimum absolute atomic E-state index is 0.0270. The van der Waals surface area contributed by atoms with Crippen LogP contribution in [-0.2, 0) is 11.2 Å². The molecule has 0 atom stereocenters. The number of carboxylic acid groups (broad SMARTS) is 1. The van der Waals surface area contributed by atoms with Crippen molar-refractivity contribution in [2.24, 2.45) is 0 Å². The van der Waals surface area contributed by atoms with Crippen molar-refractivity contribution in [2.45, 2.75) is 19.8 Å². The number of nitrogens with zero attached hydrogens (tertiary/aromatic N) is 3. The molecule has 0 saturated carbocycles. The van der Waals surface area contributed by atoms with Gasteiger partial charge in [-0.05, 0) is 31.0 Å². The summed E-state index contributed by atoms with van der Waals surface area (Å²) in [6.07, 6.45) is 1.53. The number of nitro groups is 1. The first kappa shape index (κ1) is 16.4. The topological polar surface area (TPSA) is 131 Å². The molecule has 0 bridgehead atoms. The van der Waals surface area contributed by atoms with Crippen LogP contribution < -0.4 is 5.56 Å². The number of carbonyl (C=O) groups is 1. The fourth-order valence-corrected chi connectivity index (χ4v) is 2.65. The molecule has 128 valence electrons. The predicted molar refractivity (Wildman–Crippen MR) is 88.6 cm³/mol. The highest BCUT2D eigenvalue weighted by Crippen LogP contribution is 2.25. The first-order valence-corrected chi connectivity index (χ1v) is 7.44. The van der Waals surface area contributed by atoms with Crippen molar-refractivity contribution in [3.63, 3.8) is 0 Å². The third kappa shape index (κ3) is 2.99. The summed E-state index contributed by atoms with van der Waals surface area (Å²) < 4.78 is 1.25. The molecule has 0 fully saturated rings. The van der Waals surface area contributed by atoms with Gasteiger partial charge in [0.2, 0.25) is 0 Å². The van der Waals surface area contributed by atoms with E-state index in [4.69, 9.17) is 5.11 Å². The number of hydrogen-bond donors (Lipinski definition) is 2. The minimum Gasteiger partial charge on any atom is -0.481 e. The average Bonchev–Trinajstić information content (AvgIpc) is 2.98. The highest BCUT2D eigenvalue weighted by Gasteiger charge is 2.16. The lowest BCUT2D eigenvalue weighted by molar-refractivity contribution is -0.384. The summed E-state index contributed by atoms with van der Waals surface area (Å²) in [6.45, 7) is 1.66. The highest BCUT2D eigenvalue weighted by atomic mass is 16.6. The van der Waals surface area contributed by atoms with E-state index >= 15 is 0 Å². The molecule has 0 unspecified atom stereocenters. The number of benzene rings is 1. The van der Waals surface area contributed by atoms with Crippen molar-refractivity contribution in [3.05, 3.63) is 62.2 Å². The number of non-ortho nitro benzene ring substituents is 1. The molecule has 3 rings (SSSR count). The van der Waals surface area contributed by atoms with Gasteiger partial charge in [0.05, 0.1) is 4.92 Å². The predicted octanol–water partition coefficient (Wildman–Crippen LogP) is 1.92. The molecule has 0 amide bonds. The van der Waals surface area contributed by atoms with E-state index in [1.165, 1.54) is 16.6 Å². The first-order chi connectivity index (χ1) is 11.9. The molecule has 1 aromatic carbocycles. The molecule has 0 radical (unpaired) electrons. The second kappa shape index (κ2) is 6.19. The van der Waals surface area contributed by atoms with Gasteiger partial charge in [-0.2, -0.15) is 0 Å². The Labute approximate surface area is 140 Å². The van der Waals surface area contributed by atoms with Crippen molar-refractivity contribution >= 4 is 17.3 Å². The number of aliphatic carboxylic acids is 1. The lowest BCUT2D eigenvalue weighted by atomic mass is 10.1. The average molecular weight is 342 g/mol.